The van der Waals surface area contributed by atoms with Gasteiger partial charge in [0, 0.05) is 54.5 Å². The zero-order valence-electron chi connectivity index (χ0n) is 19.7. The van der Waals surface area contributed by atoms with Crippen molar-refractivity contribution >= 4 is 39.4 Å². The van der Waals surface area contributed by atoms with Gasteiger partial charge in [-0.3, -0.25) is 14.4 Å². The third-order valence-electron chi connectivity index (χ3n) is 6.55. The predicted molar refractivity (Wildman–Crippen MR) is 133 cm³/mol. The number of nitrogens with one attached hydrogen (secondary N) is 1. The number of ether oxygens (including phenoxy) is 1. The Balaban J connectivity index is 1.29. The number of ketones is 1. The molecule has 0 atom stereocenters. The van der Waals surface area contributed by atoms with Crippen LogP contribution in [0.4, 0.5) is 0 Å². The van der Waals surface area contributed by atoms with Crippen molar-refractivity contribution in [2.24, 2.45) is 0 Å². The molecule has 1 aliphatic rings. The van der Waals surface area contributed by atoms with Crippen LogP contribution in [0.15, 0.2) is 60.8 Å². The lowest BCUT2D eigenvalue weighted by Crippen LogP contribution is -2.42. The molecule has 35 heavy (non-hydrogen) atoms. The third kappa shape index (κ3) is 4.57. The first kappa shape index (κ1) is 22.9. The van der Waals surface area contributed by atoms with E-state index in [2.05, 4.69) is 22.0 Å². The zero-order chi connectivity index (χ0) is 24.4. The Morgan fingerprint density at radius 2 is 1.69 bits per heavy atom. The second-order valence-electron chi connectivity index (χ2n) is 8.76. The van der Waals surface area contributed by atoms with Crippen molar-refractivity contribution in [3.8, 4) is 0 Å². The molecule has 1 N–H and O–H groups in total. The van der Waals surface area contributed by atoms with E-state index in [9.17, 15) is 14.4 Å². The molecule has 3 heterocycles. The molecule has 1 saturated heterocycles. The average Bonchev–Trinajstić information content (AvgIpc) is 3.41. The number of carbonyl (C=O) groups excluding carboxylic acids is 3. The SMILES string of the molecule is Cc1cc2ccccc2n1CCNC(=O)C(=O)c1cn(CC(=O)N2CCOCC2)c2ccccc12. The fourth-order valence-electron chi connectivity index (χ4n) is 4.75. The van der Waals surface area contributed by atoms with E-state index in [1.165, 1.54) is 0 Å². The van der Waals surface area contributed by atoms with Crippen molar-refractivity contribution in [1.29, 1.82) is 0 Å². The summed E-state index contributed by atoms with van der Waals surface area (Å²) in [7, 11) is 0. The second-order valence-corrected chi connectivity index (χ2v) is 8.76. The van der Waals surface area contributed by atoms with Gasteiger partial charge in [-0.05, 0) is 30.5 Å². The van der Waals surface area contributed by atoms with Gasteiger partial charge in [0.05, 0.1) is 18.8 Å². The summed E-state index contributed by atoms with van der Waals surface area (Å²) in [5.41, 5.74) is 3.24. The lowest BCUT2D eigenvalue weighted by Gasteiger charge is -2.27. The van der Waals surface area contributed by atoms with Crippen molar-refractivity contribution in [2.75, 3.05) is 32.8 Å². The standard InChI is InChI=1S/C27H28N4O4/c1-19-16-20-6-2-4-8-23(20)31(19)11-10-28-27(34)26(33)22-17-30(24-9-5-3-7-21(22)24)18-25(32)29-12-14-35-15-13-29/h2-9,16-17H,10-15,18H2,1H3,(H,28,34). The highest BCUT2D eigenvalue weighted by atomic mass is 16.5. The normalized spacial score (nSPS) is 13.9. The number of carbonyl (C=O) groups is 3. The summed E-state index contributed by atoms with van der Waals surface area (Å²) in [6.07, 6.45) is 1.62. The first-order valence-corrected chi connectivity index (χ1v) is 11.8. The number of hydrogen-bond donors (Lipinski definition) is 1. The van der Waals surface area contributed by atoms with Crippen LogP contribution in [-0.4, -0.2) is 64.5 Å². The molecular formula is C27H28N4O4. The molecule has 0 aliphatic carbocycles. The van der Waals surface area contributed by atoms with E-state index < -0.39 is 11.7 Å². The number of rotatable bonds is 7. The monoisotopic (exact) mass is 472 g/mol. The minimum absolute atomic E-state index is 0.0353. The van der Waals surface area contributed by atoms with Gasteiger partial charge in [-0.15, -0.1) is 0 Å². The highest BCUT2D eigenvalue weighted by Gasteiger charge is 2.23. The molecule has 2 amide bonds. The Morgan fingerprint density at radius 1 is 0.971 bits per heavy atom. The summed E-state index contributed by atoms with van der Waals surface area (Å²) in [4.78, 5) is 40.4. The van der Waals surface area contributed by atoms with E-state index in [-0.39, 0.29) is 12.5 Å². The van der Waals surface area contributed by atoms with Crippen molar-refractivity contribution in [1.82, 2.24) is 19.4 Å². The highest BCUT2D eigenvalue weighted by Crippen LogP contribution is 2.23. The molecule has 0 spiro atoms. The molecule has 8 heteroatoms. The number of fused-ring (bicyclic) bond motifs is 2. The van der Waals surface area contributed by atoms with Crippen molar-refractivity contribution < 1.29 is 19.1 Å². The van der Waals surface area contributed by atoms with Gasteiger partial charge in [-0.2, -0.15) is 0 Å². The zero-order valence-corrected chi connectivity index (χ0v) is 19.7. The highest BCUT2D eigenvalue weighted by molar-refractivity contribution is 6.45. The van der Waals surface area contributed by atoms with Gasteiger partial charge in [0.2, 0.25) is 5.91 Å². The molecular weight excluding hydrogens is 444 g/mol. The molecule has 2 aromatic heterocycles. The number of aryl methyl sites for hydroxylation is 1. The Hall–Kier alpha value is -3.91. The van der Waals surface area contributed by atoms with E-state index >= 15 is 0 Å². The fraction of sp³-hybridized carbons (Fsp3) is 0.296. The molecule has 8 nitrogen and oxygen atoms in total. The van der Waals surface area contributed by atoms with Crippen LogP contribution in [0.3, 0.4) is 0 Å². The van der Waals surface area contributed by atoms with Crippen molar-refractivity contribution in [2.45, 2.75) is 20.0 Å². The lowest BCUT2D eigenvalue weighted by molar-refractivity contribution is -0.135. The van der Waals surface area contributed by atoms with Gasteiger partial charge in [0.1, 0.15) is 6.54 Å². The molecule has 0 saturated carbocycles. The number of nitrogens with zero attached hydrogens (tertiary/aromatic N) is 3. The lowest BCUT2D eigenvalue weighted by atomic mass is 10.1. The summed E-state index contributed by atoms with van der Waals surface area (Å²) >= 11 is 0. The Bertz CT molecular complexity index is 1410. The summed E-state index contributed by atoms with van der Waals surface area (Å²) in [5.74, 6) is -1.29. The van der Waals surface area contributed by atoms with Crippen LogP contribution in [0.25, 0.3) is 21.8 Å². The number of hydrogen-bond acceptors (Lipinski definition) is 4. The van der Waals surface area contributed by atoms with E-state index in [0.717, 1.165) is 22.1 Å². The maximum Gasteiger partial charge on any atom is 0.292 e. The van der Waals surface area contributed by atoms with E-state index in [0.29, 0.717) is 50.3 Å². The molecule has 0 bridgehead atoms. The first-order chi connectivity index (χ1) is 17.0. The number of morpholine rings is 1. The molecule has 2 aromatic carbocycles. The van der Waals surface area contributed by atoms with Crippen LogP contribution >= 0.6 is 0 Å². The van der Waals surface area contributed by atoms with Gasteiger partial charge in [-0.25, -0.2) is 0 Å². The number of aromatic nitrogens is 2. The van der Waals surface area contributed by atoms with Crippen LogP contribution < -0.4 is 5.32 Å². The largest absolute Gasteiger partial charge is 0.378 e. The smallest absolute Gasteiger partial charge is 0.292 e. The molecule has 1 fully saturated rings. The predicted octanol–water partition coefficient (Wildman–Crippen LogP) is 2.76. The first-order valence-electron chi connectivity index (χ1n) is 11.8. The maximum absolute atomic E-state index is 13.1. The van der Waals surface area contributed by atoms with Crippen LogP contribution in [0.1, 0.15) is 16.1 Å². The summed E-state index contributed by atoms with van der Waals surface area (Å²) < 4.78 is 9.21. The molecule has 180 valence electrons. The average molecular weight is 473 g/mol. The minimum atomic E-state index is -0.651. The van der Waals surface area contributed by atoms with Gasteiger partial charge in [0.25, 0.3) is 11.7 Å². The maximum atomic E-state index is 13.1. The van der Waals surface area contributed by atoms with Crippen LogP contribution in [0.2, 0.25) is 0 Å². The van der Waals surface area contributed by atoms with Gasteiger partial charge in [-0.1, -0.05) is 36.4 Å². The van der Waals surface area contributed by atoms with E-state index in [4.69, 9.17) is 4.74 Å². The summed E-state index contributed by atoms with van der Waals surface area (Å²) in [6, 6.07) is 17.5. The molecule has 1 aliphatic heterocycles. The quantitative estimate of drug-likeness (QED) is 0.331. The van der Waals surface area contributed by atoms with E-state index in [1.807, 2.05) is 43.3 Å². The number of benzene rings is 2. The Kier molecular flexibility index (Phi) is 6.37. The van der Waals surface area contributed by atoms with Crippen LogP contribution in [0.5, 0.6) is 0 Å². The summed E-state index contributed by atoms with van der Waals surface area (Å²) in [5, 5.41) is 4.58. The molecule has 5 rings (SSSR count). The number of para-hydroxylation sites is 2. The third-order valence-corrected chi connectivity index (χ3v) is 6.55. The van der Waals surface area contributed by atoms with Gasteiger partial charge in [0.15, 0.2) is 0 Å². The fourth-order valence-corrected chi connectivity index (χ4v) is 4.75. The second kappa shape index (κ2) is 9.76. The minimum Gasteiger partial charge on any atom is -0.378 e. The van der Waals surface area contributed by atoms with E-state index in [1.54, 1.807) is 21.7 Å². The Labute approximate surface area is 203 Å². The van der Waals surface area contributed by atoms with Gasteiger partial charge >= 0.3 is 0 Å². The van der Waals surface area contributed by atoms with Crippen molar-refractivity contribution in [3.63, 3.8) is 0 Å². The molecule has 0 radical (unpaired) electrons. The van der Waals surface area contributed by atoms with Crippen LogP contribution in [-0.2, 0) is 27.4 Å². The van der Waals surface area contributed by atoms with Crippen LogP contribution in [0, 0.1) is 6.92 Å². The molecule has 0 unspecified atom stereocenters. The van der Waals surface area contributed by atoms with Crippen molar-refractivity contribution in [3.05, 3.63) is 72.1 Å². The summed E-state index contributed by atoms with van der Waals surface area (Å²) in [6.45, 7) is 5.20. The number of Topliss-reactive ketones (excluding diaryl/α,β-unsaturated/α-hetero) is 1. The topological polar surface area (TPSA) is 85.6 Å². The van der Waals surface area contributed by atoms with Gasteiger partial charge < -0.3 is 24.1 Å². The number of amides is 2. The Morgan fingerprint density at radius 3 is 2.49 bits per heavy atom. The molecule has 4 aromatic rings.